The molecule has 4 atom stereocenters. The molecule has 0 radical (unpaired) electrons. The summed E-state index contributed by atoms with van der Waals surface area (Å²) in [7, 11) is 0. The van der Waals surface area contributed by atoms with E-state index < -0.39 is 135 Å². The zero-order valence-electron chi connectivity index (χ0n) is 27.6. The van der Waals surface area contributed by atoms with Crippen molar-refractivity contribution in [3.8, 4) is 5.75 Å². The molecule has 0 fully saturated rings. The summed E-state index contributed by atoms with van der Waals surface area (Å²) in [5.41, 5.74) is -4.80. The summed E-state index contributed by atoms with van der Waals surface area (Å²) in [4.78, 5) is 50.8. The summed E-state index contributed by atoms with van der Waals surface area (Å²) >= 11 is 0. The molecule has 0 aliphatic rings. The maximum Gasteiger partial charge on any atom is 0.455 e. The molecule has 4 unspecified atom stereocenters. The Bertz CT molecular complexity index is 1450. The number of ether oxygens (including phenoxy) is 8. The van der Waals surface area contributed by atoms with E-state index in [1.165, 1.54) is 6.92 Å². The fourth-order valence-corrected chi connectivity index (χ4v) is 3.36. The van der Waals surface area contributed by atoms with E-state index in [4.69, 9.17) is 9.47 Å². The highest BCUT2D eigenvalue weighted by Gasteiger charge is 2.61. The zero-order valence-corrected chi connectivity index (χ0v) is 27.6. The summed E-state index contributed by atoms with van der Waals surface area (Å²) in [6.45, 7) is -11.2. The van der Waals surface area contributed by atoms with Gasteiger partial charge in [-0.15, -0.1) is 0 Å². The Morgan fingerprint density at radius 1 is 0.611 bits per heavy atom. The second-order valence-corrected chi connectivity index (χ2v) is 10.4. The Labute approximate surface area is 293 Å². The van der Waals surface area contributed by atoms with Crippen LogP contribution in [0.25, 0.3) is 0 Å². The number of benzene rings is 1. The highest BCUT2D eigenvalue weighted by atomic mass is 19.4. The van der Waals surface area contributed by atoms with Gasteiger partial charge in [-0.05, 0) is 18.6 Å². The summed E-state index contributed by atoms with van der Waals surface area (Å²) in [5.74, 6) is -24.3. The molecule has 0 aliphatic carbocycles. The van der Waals surface area contributed by atoms with Crippen LogP contribution >= 0.6 is 0 Å². The Hall–Kier alpha value is -4.20. The van der Waals surface area contributed by atoms with E-state index in [-0.39, 0.29) is 25.5 Å². The molecule has 310 valence electrons. The normalized spacial score (nSPS) is 16.2. The van der Waals surface area contributed by atoms with Crippen molar-refractivity contribution < 1.29 is 119 Å². The molecule has 26 heteroatoms. The first-order chi connectivity index (χ1) is 24.7. The summed E-state index contributed by atoms with van der Waals surface area (Å²) in [6, 6.07) is -0.0665. The molecule has 0 bridgehead atoms. The first-order valence-corrected chi connectivity index (χ1v) is 14.4. The molecule has 12 nitrogen and oxygen atoms in total. The third-order valence-corrected chi connectivity index (χ3v) is 6.70. The van der Waals surface area contributed by atoms with Gasteiger partial charge in [-0.25, -0.2) is 27.6 Å². The lowest BCUT2D eigenvalue weighted by molar-refractivity contribution is -0.360. The topological polar surface area (TPSA) is 142 Å². The predicted octanol–water partition coefficient (Wildman–Crippen LogP) is 6.69. The number of carbonyl (C=O) groups excluding carboxylic acids is 4. The maximum absolute atomic E-state index is 14.4. The van der Waals surface area contributed by atoms with Crippen LogP contribution in [-0.2, 0) is 38.0 Å². The van der Waals surface area contributed by atoms with Crippen LogP contribution in [0.1, 0.15) is 58.3 Å². The largest absolute Gasteiger partial charge is 0.489 e. The molecule has 0 saturated carbocycles. The van der Waals surface area contributed by atoms with E-state index in [0.717, 1.165) is 0 Å². The molecule has 0 amide bonds. The molecule has 1 aromatic carbocycles. The van der Waals surface area contributed by atoms with Crippen LogP contribution < -0.4 is 4.74 Å². The Kier molecular flexibility index (Phi) is 16.7. The molecule has 0 saturated heterocycles. The lowest BCUT2D eigenvalue weighted by atomic mass is 10.0. The molecule has 0 aromatic heterocycles. The van der Waals surface area contributed by atoms with E-state index in [1.54, 1.807) is 6.92 Å². The lowest BCUT2D eigenvalue weighted by Gasteiger charge is -2.30. The summed E-state index contributed by atoms with van der Waals surface area (Å²) in [6.07, 6.45) is -17.8. The number of halogens is 14. The van der Waals surface area contributed by atoms with Crippen molar-refractivity contribution in [1.82, 2.24) is 0 Å². The van der Waals surface area contributed by atoms with Crippen molar-refractivity contribution in [2.45, 2.75) is 63.2 Å². The van der Waals surface area contributed by atoms with Crippen LogP contribution in [-0.4, -0.2) is 107 Å². The van der Waals surface area contributed by atoms with Gasteiger partial charge in [0.15, 0.2) is 33.8 Å². The van der Waals surface area contributed by atoms with Crippen LogP contribution in [0.3, 0.4) is 0 Å². The number of esters is 4. The molecule has 0 aliphatic heterocycles. The number of hydrogen-bond donors (Lipinski definition) is 0. The van der Waals surface area contributed by atoms with E-state index >= 15 is 0 Å². The zero-order chi connectivity index (χ0) is 41.9. The third-order valence-electron chi connectivity index (χ3n) is 6.70. The Morgan fingerprint density at radius 2 is 1.06 bits per heavy atom. The first kappa shape index (κ1) is 47.8. The number of alkyl halides is 14. The van der Waals surface area contributed by atoms with Crippen LogP contribution in [0, 0.1) is 5.92 Å². The molecule has 0 heterocycles. The highest BCUT2D eigenvalue weighted by Crippen LogP contribution is 2.39. The van der Waals surface area contributed by atoms with Gasteiger partial charge in [-0.3, -0.25) is 4.79 Å². The Balaban J connectivity index is 3.95. The lowest BCUT2D eigenvalue weighted by Crippen LogP contribution is -2.48. The summed E-state index contributed by atoms with van der Waals surface area (Å²) < 4.78 is 219. The minimum Gasteiger partial charge on any atom is -0.489 e. The molecular weight excluding hydrogens is 794 g/mol. The number of hydrogen-bond acceptors (Lipinski definition) is 12. The third kappa shape index (κ3) is 12.2. The van der Waals surface area contributed by atoms with Crippen molar-refractivity contribution in [2.75, 3.05) is 47.0 Å². The quantitative estimate of drug-likeness (QED) is 0.0455. The van der Waals surface area contributed by atoms with Gasteiger partial charge in [-0.1, -0.05) is 13.8 Å². The summed E-state index contributed by atoms with van der Waals surface area (Å²) in [5, 5.41) is 0. The first-order valence-electron chi connectivity index (χ1n) is 14.4. The molecule has 54 heavy (non-hydrogen) atoms. The Morgan fingerprint density at radius 3 is 1.44 bits per heavy atom. The van der Waals surface area contributed by atoms with Gasteiger partial charge in [0.25, 0.3) is 0 Å². The van der Waals surface area contributed by atoms with Gasteiger partial charge in [0, 0.05) is 6.92 Å². The van der Waals surface area contributed by atoms with Crippen molar-refractivity contribution >= 4 is 23.9 Å². The second kappa shape index (κ2) is 18.9. The van der Waals surface area contributed by atoms with E-state index in [0.29, 0.717) is 0 Å². The maximum atomic E-state index is 14.4. The fourth-order valence-electron chi connectivity index (χ4n) is 3.36. The standard InChI is InChI=1S/C28H28F14O12/c1-4-14(2)19(43)48-6-5-47-18-8-16(21(45)50-10-25(33,53-13-31)28(40,41)42)15(20(44)49-9-24(32,52-12-30)27(37,38)39)7-17(18)22(46)54-23(3,51-11-29)26(34,35)36/h7-8,14H,4-6,9-13H2,1-3H3. The molecule has 0 spiro atoms. The predicted molar refractivity (Wildman–Crippen MR) is 144 cm³/mol. The van der Waals surface area contributed by atoms with Crippen molar-refractivity contribution in [1.29, 1.82) is 0 Å². The smallest absolute Gasteiger partial charge is 0.455 e. The van der Waals surface area contributed by atoms with Crippen molar-refractivity contribution in [2.24, 2.45) is 5.92 Å². The molecule has 1 rings (SSSR count). The van der Waals surface area contributed by atoms with Gasteiger partial charge < -0.3 is 37.9 Å². The molecule has 1 aromatic rings. The van der Waals surface area contributed by atoms with Gasteiger partial charge in [-0.2, -0.15) is 48.3 Å². The monoisotopic (exact) mass is 822 g/mol. The minimum absolute atomic E-state index is 0.0426. The molecule has 0 N–H and O–H groups in total. The average Bonchev–Trinajstić information content (AvgIpc) is 3.05. The van der Waals surface area contributed by atoms with Crippen LogP contribution in [0.4, 0.5) is 61.5 Å². The van der Waals surface area contributed by atoms with Gasteiger partial charge >= 0.3 is 59.9 Å². The minimum atomic E-state index is -6.16. The van der Waals surface area contributed by atoms with Gasteiger partial charge in [0.1, 0.15) is 24.5 Å². The van der Waals surface area contributed by atoms with E-state index in [9.17, 15) is 80.6 Å². The average molecular weight is 822 g/mol. The second-order valence-electron chi connectivity index (χ2n) is 10.4. The molecular formula is C28H28F14O12. The van der Waals surface area contributed by atoms with Crippen molar-refractivity contribution in [3.05, 3.63) is 28.8 Å². The highest BCUT2D eigenvalue weighted by molar-refractivity contribution is 6.06. The number of carbonyl (C=O) groups is 4. The fraction of sp³-hybridized carbons (Fsp3) is 0.643. The van der Waals surface area contributed by atoms with E-state index in [1.807, 2.05) is 0 Å². The SMILES string of the molecule is CCC(C)C(=O)OCCOc1cc(C(=O)OCC(F)(OCF)C(F)(F)F)c(C(=O)OCC(F)(OCF)C(F)(F)F)cc1C(=O)OC(C)(OCF)C(F)(F)F. The van der Waals surface area contributed by atoms with Gasteiger partial charge in [0.05, 0.1) is 17.0 Å². The van der Waals surface area contributed by atoms with E-state index in [2.05, 4.69) is 28.4 Å². The number of rotatable bonds is 20. The van der Waals surface area contributed by atoms with Crippen LogP contribution in [0.5, 0.6) is 5.75 Å². The van der Waals surface area contributed by atoms with Crippen molar-refractivity contribution in [3.63, 3.8) is 0 Å². The van der Waals surface area contributed by atoms with Crippen LogP contribution in [0.2, 0.25) is 0 Å². The van der Waals surface area contributed by atoms with Crippen LogP contribution in [0.15, 0.2) is 12.1 Å². The van der Waals surface area contributed by atoms with Gasteiger partial charge in [0.2, 0.25) is 0 Å².